The maximum Gasteiger partial charge on any atom is 0.279 e. The highest BCUT2D eigenvalue weighted by molar-refractivity contribution is 5.95. The van der Waals surface area contributed by atoms with Crippen LogP contribution >= 0.6 is 0 Å². The van der Waals surface area contributed by atoms with Gasteiger partial charge in [-0.1, -0.05) is 0 Å². The summed E-state index contributed by atoms with van der Waals surface area (Å²) in [4.78, 5) is 27.5. The highest BCUT2D eigenvalue weighted by Gasteiger charge is 2.15. The number of ether oxygens (including phenoxy) is 1. The molecule has 0 saturated heterocycles. The number of nitrogens with zero attached hydrogens (tertiary/aromatic N) is 2. The second-order valence-corrected chi connectivity index (χ2v) is 4.58. The molecule has 7 heteroatoms. The summed E-state index contributed by atoms with van der Waals surface area (Å²) in [6, 6.07) is 11.4. The van der Waals surface area contributed by atoms with Gasteiger partial charge in [-0.25, -0.2) is 0 Å². The molecule has 2 aromatic rings. The van der Waals surface area contributed by atoms with Gasteiger partial charge in [-0.2, -0.15) is 5.26 Å². The van der Waals surface area contributed by atoms with Crippen LogP contribution in [-0.4, -0.2) is 22.9 Å². The number of rotatable bonds is 4. The summed E-state index contributed by atoms with van der Waals surface area (Å²) in [6.45, 7) is 1.55. The van der Waals surface area contributed by atoms with E-state index in [1.807, 2.05) is 6.07 Å². The Kier molecular flexibility index (Phi) is 5.25. The highest BCUT2D eigenvalue weighted by atomic mass is 16.5. The number of hydrogen-bond acceptors (Lipinski definition) is 5. The van der Waals surface area contributed by atoms with Crippen LogP contribution in [0.3, 0.4) is 0 Å². The van der Waals surface area contributed by atoms with Gasteiger partial charge >= 0.3 is 0 Å². The van der Waals surface area contributed by atoms with Crippen molar-refractivity contribution in [1.82, 2.24) is 15.8 Å². The fourth-order valence-electron chi connectivity index (χ4n) is 1.66. The van der Waals surface area contributed by atoms with Gasteiger partial charge in [-0.05, 0) is 43.3 Å². The summed E-state index contributed by atoms with van der Waals surface area (Å²) in [5, 5.41) is 8.72. The summed E-state index contributed by atoms with van der Waals surface area (Å²) < 4.78 is 5.43. The van der Waals surface area contributed by atoms with Gasteiger partial charge < -0.3 is 4.74 Å². The molecule has 116 valence electrons. The number of aromatic nitrogens is 1. The topological polar surface area (TPSA) is 104 Å². The van der Waals surface area contributed by atoms with Crippen molar-refractivity contribution in [2.24, 2.45) is 0 Å². The number of benzene rings is 1. The Balaban J connectivity index is 1.85. The van der Waals surface area contributed by atoms with Crippen molar-refractivity contribution in [3.05, 3.63) is 59.9 Å². The molecule has 0 saturated carbocycles. The first-order chi connectivity index (χ1) is 11.1. The molecule has 2 N–H and O–H groups in total. The number of nitrogens with one attached hydrogen (secondary N) is 2. The number of pyridine rings is 1. The quantitative estimate of drug-likeness (QED) is 0.825. The first-order valence-corrected chi connectivity index (χ1v) is 6.77. The molecule has 1 heterocycles. The van der Waals surface area contributed by atoms with Crippen LogP contribution in [0.4, 0.5) is 0 Å². The average Bonchev–Trinajstić information content (AvgIpc) is 2.60. The third kappa shape index (κ3) is 4.54. The molecule has 0 fully saturated rings. The van der Waals surface area contributed by atoms with E-state index in [1.54, 1.807) is 31.2 Å². The Hall–Kier alpha value is -3.40. The van der Waals surface area contributed by atoms with Crippen LogP contribution < -0.4 is 15.6 Å². The molecule has 0 unspecified atom stereocenters. The second kappa shape index (κ2) is 7.56. The van der Waals surface area contributed by atoms with Gasteiger partial charge in [-0.3, -0.25) is 25.4 Å². The molecule has 0 aliphatic rings. The minimum atomic E-state index is -0.819. The summed E-state index contributed by atoms with van der Waals surface area (Å²) in [6.07, 6.45) is 2.14. The average molecular weight is 310 g/mol. The van der Waals surface area contributed by atoms with E-state index in [9.17, 15) is 9.59 Å². The maximum absolute atomic E-state index is 11.9. The first-order valence-electron chi connectivity index (χ1n) is 6.77. The second-order valence-electron chi connectivity index (χ2n) is 4.58. The molecule has 2 amide bonds. The SMILES string of the molecule is C[C@H](Oc1ccc(C#N)cc1)C(=O)NNC(=O)c1ccncc1. The zero-order chi connectivity index (χ0) is 16.7. The van der Waals surface area contributed by atoms with Crippen LogP contribution in [0.2, 0.25) is 0 Å². The number of amides is 2. The van der Waals surface area contributed by atoms with Crippen molar-refractivity contribution in [1.29, 1.82) is 5.26 Å². The van der Waals surface area contributed by atoms with E-state index in [1.165, 1.54) is 24.5 Å². The smallest absolute Gasteiger partial charge is 0.279 e. The van der Waals surface area contributed by atoms with E-state index >= 15 is 0 Å². The minimum Gasteiger partial charge on any atom is -0.481 e. The van der Waals surface area contributed by atoms with Crippen LogP contribution in [-0.2, 0) is 4.79 Å². The Bertz CT molecular complexity index is 723. The van der Waals surface area contributed by atoms with Crippen molar-refractivity contribution in [3.8, 4) is 11.8 Å². The zero-order valence-electron chi connectivity index (χ0n) is 12.3. The van der Waals surface area contributed by atoms with Crippen LogP contribution in [0.1, 0.15) is 22.8 Å². The number of carbonyl (C=O) groups excluding carboxylic acids is 2. The molecule has 0 radical (unpaired) electrons. The molecule has 1 aromatic heterocycles. The van der Waals surface area contributed by atoms with E-state index < -0.39 is 17.9 Å². The molecule has 23 heavy (non-hydrogen) atoms. The van der Waals surface area contributed by atoms with Gasteiger partial charge in [0.15, 0.2) is 6.10 Å². The molecule has 7 nitrogen and oxygen atoms in total. The normalized spacial score (nSPS) is 11.0. The minimum absolute atomic E-state index is 0.376. The zero-order valence-corrected chi connectivity index (χ0v) is 12.3. The Morgan fingerprint density at radius 3 is 2.39 bits per heavy atom. The lowest BCUT2D eigenvalue weighted by Crippen LogP contribution is -2.47. The predicted octanol–water partition coefficient (Wildman–Crippen LogP) is 1.18. The largest absolute Gasteiger partial charge is 0.481 e. The first kappa shape index (κ1) is 16.0. The maximum atomic E-state index is 11.9. The Morgan fingerprint density at radius 2 is 1.78 bits per heavy atom. The number of hydrazine groups is 1. The van der Waals surface area contributed by atoms with Crippen LogP contribution in [0.5, 0.6) is 5.75 Å². The number of carbonyl (C=O) groups is 2. The van der Waals surface area contributed by atoms with Crippen molar-refractivity contribution in [3.63, 3.8) is 0 Å². The monoisotopic (exact) mass is 310 g/mol. The van der Waals surface area contributed by atoms with Crippen molar-refractivity contribution >= 4 is 11.8 Å². The molecular formula is C16H14N4O3. The van der Waals surface area contributed by atoms with Gasteiger partial charge in [0.05, 0.1) is 11.6 Å². The standard InChI is InChI=1S/C16H14N4O3/c1-11(23-14-4-2-12(10-17)3-5-14)15(21)19-20-16(22)13-6-8-18-9-7-13/h2-9,11H,1H3,(H,19,21)(H,20,22)/t11-/m0/s1. The fraction of sp³-hybridized carbons (Fsp3) is 0.125. The summed E-state index contributed by atoms with van der Waals surface area (Å²) in [5.41, 5.74) is 5.46. The highest BCUT2D eigenvalue weighted by Crippen LogP contribution is 2.13. The lowest BCUT2D eigenvalue weighted by molar-refractivity contribution is -0.128. The van der Waals surface area contributed by atoms with Crippen LogP contribution in [0.15, 0.2) is 48.8 Å². The van der Waals surface area contributed by atoms with E-state index in [0.717, 1.165) is 0 Å². The van der Waals surface area contributed by atoms with E-state index in [4.69, 9.17) is 10.00 Å². The molecular weight excluding hydrogens is 296 g/mol. The van der Waals surface area contributed by atoms with Gasteiger partial charge in [0, 0.05) is 18.0 Å². The third-order valence-electron chi connectivity index (χ3n) is 2.91. The molecule has 0 bridgehead atoms. The fourth-order valence-corrected chi connectivity index (χ4v) is 1.66. The molecule has 0 aliphatic heterocycles. The number of hydrogen-bond donors (Lipinski definition) is 2. The predicted molar refractivity (Wildman–Crippen MR) is 81.1 cm³/mol. The van der Waals surface area contributed by atoms with E-state index in [2.05, 4.69) is 15.8 Å². The lowest BCUT2D eigenvalue weighted by Gasteiger charge is -2.15. The summed E-state index contributed by atoms with van der Waals surface area (Å²) >= 11 is 0. The van der Waals surface area contributed by atoms with Gasteiger partial charge in [-0.15, -0.1) is 0 Å². The third-order valence-corrected chi connectivity index (χ3v) is 2.91. The number of nitriles is 1. The van der Waals surface area contributed by atoms with Crippen LogP contribution in [0, 0.1) is 11.3 Å². The molecule has 0 spiro atoms. The van der Waals surface area contributed by atoms with E-state index in [0.29, 0.717) is 16.9 Å². The lowest BCUT2D eigenvalue weighted by atomic mass is 10.2. The molecule has 0 aliphatic carbocycles. The van der Waals surface area contributed by atoms with Crippen molar-refractivity contribution < 1.29 is 14.3 Å². The van der Waals surface area contributed by atoms with E-state index in [-0.39, 0.29) is 0 Å². The summed E-state index contributed by atoms with van der Waals surface area (Å²) in [5.74, 6) is -0.504. The molecule has 1 aromatic carbocycles. The van der Waals surface area contributed by atoms with Gasteiger partial charge in [0.1, 0.15) is 5.75 Å². The van der Waals surface area contributed by atoms with Crippen molar-refractivity contribution in [2.75, 3.05) is 0 Å². The molecule has 2 rings (SSSR count). The Labute approximate surface area is 132 Å². The van der Waals surface area contributed by atoms with Gasteiger partial charge in [0.25, 0.3) is 11.8 Å². The molecule has 1 atom stereocenters. The van der Waals surface area contributed by atoms with Crippen LogP contribution in [0.25, 0.3) is 0 Å². The van der Waals surface area contributed by atoms with Crippen molar-refractivity contribution in [2.45, 2.75) is 13.0 Å². The van der Waals surface area contributed by atoms with Gasteiger partial charge in [0.2, 0.25) is 0 Å². The Morgan fingerprint density at radius 1 is 1.13 bits per heavy atom. The summed E-state index contributed by atoms with van der Waals surface area (Å²) in [7, 11) is 0.